The minimum Gasteiger partial charge on any atom is -0.399 e. The van der Waals surface area contributed by atoms with E-state index in [0.717, 1.165) is 31.0 Å². The number of hydrogen-bond donors (Lipinski definition) is 1. The van der Waals surface area contributed by atoms with Crippen LogP contribution in [0, 0.1) is 0 Å². The molecule has 1 aromatic heterocycles. The fourth-order valence-electron chi connectivity index (χ4n) is 2.69. The third-order valence-electron chi connectivity index (χ3n) is 3.61. The van der Waals surface area contributed by atoms with Crippen molar-refractivity contribution < 1.29 is 0 Å². The Hall–Kier alpha value is -1.81. The van der Waals surface area contributed by atoms with E-state index < -0.39 is 0 Å². The molecule has 2 heterocycles. The summed E-state index contributed by atoms with van der Waals surface area (Å²) >= 11 is 0. The predicted octanol–water partition coefficient (Wildman–Crippen LogP) is 1.66. The summed E-state index contributed by atoms with van der Waals surface area (Å²) in [5, 5.41) is 0. The summed E-state index contributed by atoms with van der Waals surface area (Å²) in [5.74, 6) is 1.00. The Balaban J connectivity index is 2.18. The van der Waals surface area contributed by atoms with E-state index in [1.807, 2.05) is 30.1 Å². The van der Waals surface area contributed by atoms with Crippen molar-refractivity contribution in [3.05, 3.63) is 35.7 Å². The van der Waals surface area contributed by atoms with Gasteiger partial charge in [-0.25, -0.2) is 4.98 Å². The Morgan fingerprint density at radius 2 is 2.11 bits per heavy atom. The SMILES string of the molecule is CN1CCc2c(cc(N)cc2-c2nccn2C)C1. The number of aryl methyl sites for hydroxylation is 1. The standard InChI is InChI=1S/C14H18N4/c1-17-5-3-12-10(9-17)7-11(15)8-13(12)14-16-4-6-18(14)2/h4,6-8H,3,5,9,15H2,1-2H3. The average Bonchev–Trinajstić information content (AvgIpc) is 2.73. The lowest BCUT2D eigenvalue weighted by atomic mass is 9.93. The van der Waals surface area contributed by atoms with Crippen LogP contribution in [0.3, 0.4) is 0 Å². The van der Waals surface area contributed by atoms with Crippen LogP contribution in [0.5, 0.6) is 0 Å². The summed E-state index contributed by atoms with van der Waals surface area (Å²) in [4.78, 5) is 6.77. The summed E-state index contributed by atoms with van der Waals surface area (Å²) in [6.07, 6.45) is 4.87. The Morgan fingerprint density at radius 3 is 2.83 bits per heavy atom. The normalized spacial score (nSPS) is 15.7. The smallest absolute Gasteiger partial charge is 0.139 e. The highest BCUT2D eigenvalue weighted by atomic mass is 15.1. The molecule has 4 nitrogen and oxygen atoms in total. The molecule has 0 saturated carbocycles. The number of aromatic nitrogens is 2. The fraction of sp³-hybridized carbons (Fsp3) is 0.357. The fourth-order valence-corrected chi connectivity index (χ4v) is 2.69. The van der Waals surface area contributed by atoms with Gasteiger partial charge in [0.15, 0.2) is 0 Å². The van der Waals surface area contributed by atoms with Gasteiger partial charge >= 0.3 is 0 Å². The molecule has 0 atom stereocenters. The summed E-state index contributed by atoms with van der Waals surface area (Å²) in [7, 11) is 4.17. The number of hydrogen-bond acceptors (Lipinski definition) is 3. The van der Waals surface area contributed by atoms with Crippen molar-refractivity contribution in [2.45, 2.75) is 13.0 Å². The Morgan fingerprint density at radius 1 is 1.28 bits per heavy atom. The third kappa shape index (κ3) is 1.78. The van der Waals surface area contributed by atoms with Gasteiger partial charge in [-0.2, -0.15) is 0 Å². The highest BCUT2D eigenvalue weighted by Gasteiger charge is 2.19. The highest BCUT2D eigenvalue weighted by molar-refractivity contribution is 5.68. The molecule has 0 bridgehead atoms. The topological polar surface area (TPSA) is 47.1 Å². The Bertz CT molecular complexity index is 585. The average molecular weight is 242 g/mol. The van der Waals surface area contributed by atoms with Crippen molar-refractivity contribution in [1.29, 1.82) is 0 Å². The number of imidazole rings is 1. The van der Waals surface area contributed by atoms with Gasteiger partial charge in [0.25, 0.3) is 0 Å². The van der Waals surface area contributed by atoms with Crippen LogP contribution in [0.1, 0.15) is 11.1 Å². The second kappa shape index (κ2) is 4.14. The molecule has 0 radical (unpaired) electrons. The molecule has 4 heteroatoms. The van der Waals surface area contributed by atoms with E-state index in [0.29, 0.717) is 0 Å². The molecule has 2 N–H and O–H groups in total. The molecule has 18 heavy (non-hydrogen) atoms. The lowest BCUT2D eigenvalue weighted by Gasteiger charge is -2.27. The molecular weight excluding hydrogens is 224 g/mol. The summed E-state index contributed by atoms with van der Waals surface area (Å²) in [6, 6.07) is 4.14. The van der Waals surface area contributed by atoms with E-state index in [-0.39, 0.29) is 0 Å². The van der Waals surface area contributed by atoms with Gasteiger partial charge in [0.05, 0.1) is 0 Å². The van der Waals surface area contributed by atoms with Crippen molar-refractivity contribution in [3.8, 4) is 11.4 Å². The summed E-state index contributed by atoms with van der Waals surface area (Å²) in [6.45, 7) is 2.06. The number of nitrogen functional groups attached to an aromatic ring is 1. The molecular formula is C14H18N4. The first kappa shape index (κ1) is 11.3. The molecule has 0 saturated heterocycles. The lowest BCUT2D eigenvalue weighted by molar-refractivity contribution is 0.313. The molecule has 0 amide bonds. The molecule has 0 aliphatic carbocycles. The largest absolute Gasteiger partial charge is 0.399 e. The van der Waals surface area contributed by atoms with Gasteiger partial charge in [-0.1, -0.05) is 0 Å². The van der Waals surface area contributed by atoms with Crippen LogP contribution >= 0.6 is 0 Å². The lowest BCUT2D eigenvalue weighted by Crippen LogP contribution is -2.27. The Kier molecular flexibility index (Phi) is 2.59. The first-order valence-corrected chi connectivity index (χ1v) is 6.22. The molecule has 3 rings (SSSR count). The molecule has 0 fully saturated rings. The maximum Gasteiger partial charge on any atom is 0.139 e. The number of fused-ring (bicyclic) bond motifs is 1. The van der Waals surface area contributed by atoms with Crippen molar-refractivity contribution in [2.75, 3.05) is 19.3 Å². The molecule has 1 aliphatic rings. The predicted molar refractivity (Wildman–Crippen MR) is 73.1 cm³/mol. The maximum absolute atomic E-state index is 6.03. The molecule has 1 aromatic carbocycles. The van der Waals surface area contributed by atoms with Crippen molar-refractivity contribution in [1.82, 2.24) is 14.5 Å². The van der Waals surface area contributed by atoms with Gasteiger partial charge in [0, 0.05) is 43.8 Å². The van der Waals surface area contributed by atoms with Crippen molar-refractivity contribution in [2.24, 2.45) is 7.05 Å². The van der Waals surface area contributed by atoms with Gasteiger partial charge in [0.2, 0.25) is 0 Å². The van der Waals surface area contributed by atoms with E-state index in [1.54, 1.807) is 0 Å². The van der Waals surface area contributed by atoms with Crippen LogP contribution in [0.15, 0.2) is 24.5 Å². The summed E-state index contributed by atoms with van der Waals surface area (Å²) < 4.78 is 2.05. The van der Waals surface area contributed by atoms with Crippen LogP contribution in [-0.4, -0.2) is 28.0 Å². The van der Waals surface area contributed by atoms with Crippen molar-refractivity contribution >= 4 is 5.69 Å². The third-order valence-corrected chi connectivity index (χ3v) is 3.61. The number of nitrogens with two attached hydrogens (primary N) is 1. The quantitative estimate of drug-likeness (QED) is 0.774. The Labute approximate surface area is 107 Å². The van der Waals surface area contributed by atoms with Gasteiger partial charge < -0.3 is 15.2 Å². The molecule has 0 spiro atoms. The first-order chi connectivity index (χ1) is 8.65. The minimum atomic E-state index is 0.821. The van der Waals surface area contributed by atoms with Crippen LogP contribution in [-0.2, 0) is 20.0 Å². The zero-order chi connectivity index (χ0) is 12.7. The van der Waals surface area contributed by atoms with Crippen molar-refractivity contribution in [3.63, 3.8) is 0 Å². The minimum absolute atomic E-state index is 0.821. The number of nitrogens with zero attached hydrogens (tertiary/aromatic N) is 3. The van der Waals surface area contributed by atoms with E-state index in [2.05, 4.69) is 23.0 Å². The van der Waals surface area contributed by atoms with Gasteiger partial charge in [-0.3, -0.25) is 0 Å². The van der Waals surface area contributed by atoms with Gasteiger partial charge in [-0.15, -0.1) is 0 Å². The van der Waals surface area contributed by atoms with Crippen LogP contribution in [0.4, 0.5) is 5.69 Å². The van der Waals surface area contributed by atoms with E-state index in [4.69, 9.17) is 5.73 Å². The number of likely N-dealkylation sites (N-methyl/N-ethyl adjacent to an activating group) is 1. The highest BCUT2D eigenvalue weighted by Crippen LogP contribution is 2.31. The number of benzene rings is 1. The molecule has 0 unspecified atom stereocenters. The van der Waals surface area contributed by atoms with E-state index >= 15 is 0 Å². The van der Waals surface area contributed by atoms with Crippen LogP contribution < -0.4 is 5.73 Å². The molecule has 94 valence electrons. The number of anilines is 1. The molecule has 2 aromatic rings. The molecule has 1 aliphatic heterocycles. The van der Waals surface area contributed by atoms with Crippen LogP contribution in [0.25, 0.3) is 11.4 Å². The van der Waals surface area contributed by atoms with Gasteiger partial charge in [0.1, 0.15) is 5.82 Å². The zero-order valence-corrected chi connectivity index (χ0v) is 10.8. The second-order valence-electron chi connectivity index (χ2n) is 5.06. The van der Waals surface area contributed by atoms with Gasteiger partial charge in [-0.05, 0) is 36.7 Å². The maximum atomic E-state index is 6.03. The summed E-state index contributed by atoms with van der Waals surface area (Å²) in [5.41, 5.74) is 10.8. The van der Waals surface area contributed by atoms with E-state index in [1.165, 1.54) is 16.7 Å². The first-order valence-electron chi connectivity index (χ1n) is 6.22. The zero-order valence-electron chi connectivity index (χ0n) is 10.8. The second-order valence-corrected chi connectivity index (χ2v) is 5.06. The van der Waals surface area contributed by atoms with E-state index in [9.17, 15) is 0 Å². The number of rotatable bonds is 1. The monoisotopic (exact) mass is 242 g/mol. The van der Waals surface area contributed by atoms with Crippen LogP contribution in [0.2, 0.25) is 0 Å².